The van der Waals surface area contributed by atoms with E-state index in [4.69, 9.17) is 15.3 Å². The summed E-state index contributed by atoms with van der Waals surface area (Å²) in [6.45, 7) is -0.787. The fraction of sp³-hybridized carbons (Fsp3) is 0.600. The lowest BCUT2D eigenvalue weighted by Gasteiger charge is -2.29. The lowest BCUT2D eigenvalue weighted by Crippen LogP contribution is -2.55. The molecule has 3 aliphatic heterocycles. The molecule has 1 fully saturated rings. The van der Waals surface area contributed by atoms with Crippen molar-refractivity contribution in [1.29, 1.82) is 5.41 Å². The fourth-order valence-corrected chi connectivity index (χ4v) is 2.34. The average molecular weight is 303 g/mol. The molecule has 0 spiro atoms. The molecule has 0 radical (unpaired) electrons. The van der Waals surface area contributed by atoms with Crippen molar-refractivity contribution in [3.63, 3.8) is 0 Å². The number of nitrogens with zero attached hydrogens (tertiary/aromatic N) is 3. The summed E-state index contributed by atoms with van der Waals surface area (Å²) in [5, 5.41) is 27.9. The maximum absolute atomic E-state index is 14.0. The van der Waals surface area contributed by atoms with Crippen LogP contribution in [0.25, 0.3) is 0 Å². The van der Waals surface area contributed by atoms with Crippen LogP contribution in [0.5, 0.6) is 0 Å². The zero-order chi connectivity index (χ0) is 15.4. The van der Waals surface area contributed by atoms with Crippen LogP contribution in [0.15, 0.2) is 9.98 Å². The number of aliphatic hydroxyl groups is 2. The lowest BCUT2D eigenvalue weighted by molar-refractivity contribution is -0.136. The van der Waals surface area contributed by atoms with E-state index < -0.39 is 48.9 Å². The molecule has 9 nitrogen and oxygen atoms in total. The van der Waals surface area contributed by atoms with Gasteiger partial charge in [0, 0.05) is 0 Å². The molecule has 11 heteroatoms. The van der Waals surface area contributed by atoms with Crippen LogP contribution in [-0.2, 0) is 9.53 Å². The van der Waals surface area contributed by atoms with Gasteiger partial charge in [-0.05, 0) is 0 Å². The van der Waals surface area contributed by atoms with Crippen molar-refractivity contribution in [2.24, 2.45) is 9.98 Å². The van der Waals surface area contributed by atoms with E-state index in [-0.39, 0.29) is 5.84 Å². The average Bonchev–Trinajstić information content (AvgIpc) is 2.91. The first-order valence-electron chi connectivity index (χ1n) is 5.98. The van der Waals surface area contributed by atoms with E-state index in [1.807, 2.05) is 0 Å². The Morgan fingerprint density at radius 1 is 1.57 bits per heavy atom. The summed E-state index contributed by atoms with van der Waals surface area (Å²) < 4.78 is 33.0. The van der Waals surface area contributed by atoms with Crippen molar-refractivity contribution in [1.82, 2.24) is 10.2 Å². The van der Waals surface area contributed by atoms with Crippen molar-refractivity contribution in [2.45, 2.75) is 30.4 Å². The van der Waals surface area contributed by atoms with Crippen LogP contribution in [0.4, 0.5) is 8.78 Å². The minimum Gasteiger partial charge on any atom is -0.394 e. The van der Waals surface area contributed by atoms with Gasteiger partial charge in [-0.1, -0.05) is 0 Å². The van der Waals surface area contributed by atoms with E-state index in [9.17, 15) is 18.7 Å². The second kappa shape index (κ2) is 4.51. The first-order valence-corrected chi connectivity index (χ1v) is 5.98. The van der Waals surface area contributed by atoms with Gasteiger partial charge in [-0.25, -0.2) is 0 Å². The third-order valence-corrected chi connectivity index (χ3v) is 3.38. The van der Waals surface area contributed by atoms with Crippen LogP contribution in [0.1, 0.15) is 0 Å². The summed E-state index contributed by atoms with van der Waals surface area (Å²) in [4.78, 5) is 19.8. The molecule has 0 saturated carbocycles. The number of nitrogens with one attached hydrogen (secondary N) is 2. The topological polar surface area (TPSA) is 131 Å². The summed E-state index contributed by atoms with van der Waals surface area (Å²) in [6.07, 6.45) is -4.67. The Balaban J connectivity index is 1.93. The fourth-order valence-electron chi connectivity index (χ4n) is 2.34. The number of guanidine groups is 1. The van der Waals surface area contributed by atoms with E-state index in [2.05, 4.69) is 15.3 Å². The van der Waals surface area contributed by atoms with Gasteiger partial charge in [-0.3, -0.25) is 25.4 Å². The number of rotatable bonds is 2. The molecule has 1 unspecified atom stereocenters. The van der Waals surface area contributed by atoms with Crippen molar-refractivity contribution in [3.05, 3.63) is 0 Å². The molecule has 3 heterocycles. The second-order valence-corrected chi connectivity index (χ2v) is 4.71. The SMILES string of the molecule is N=C1N=C2C(N=CN2[C@@H]2O[C@H](CO)[C@@H](O)C2(F)F)C(=O)N1. The Hall–Kier alpha value is -1.98. The van der Waals surface area contributed by atoms with Crippen molar-refractivity contribution < 1.29 is 28.5 Å². The maximum Gasteiger partial charge on any atom is 0.320 e. The second-order valence-electron chi connectivity index (χ2n) is 4.71. The number of hydrogen-bond donors (Lipinski definition) is 4. The van der Waals surface area contributed by atoms with Crippen molar-refractivity contribution in [3.8, 4) is 0 Å². The standard InChI is InChI=1S/C10H11F2N5O4/c11-10(12)5(19)3(1-18)21-8(10)17-2-14-4-6(17)15-9(13)16-7(4)20/h2-5,8,18-19H,1H2,(H2,13,16,20)/t3-,4?,5-,8-/m1/s1. The number of amidine groups is 1. The highest BCUT2D eigenvalue weighted by molar-refractivity contribution is 6.23. The number of amides is 1. The summed E-state index contributed by atoms with van der Waals surface area (Å²) in [5.74, 6) is -5.04. The number of aliphatic hydroxyl groups excluding tert-OH is 2. The largest absolute Gasteiger partial charge is 0.394 e. The molecule has 1 amide bonds. The number of fused-ring (bicyclic) bond motifs is 1. The summed E-state index contributed by atoms with van der Waals surface area (Å²) in [5.41, 5.74) is 0. The van der Waals surface area contributed by atoms with Crippen molar-refractivity contribution in [2.75, 3.05) is 6.61 Å². The Bertz CT molecular complexity index is 566. The zero-order valence-electron chi connectivity index (χ0n) is 10.4. The highest BCUT2D eigenvalue weighted by atomic mass is 19.3. The molecule has 0 aromatic heterocycles. The minimum atomic E-state index is -3.70. The third-order valence-electron chi connectivity index (χ3n) is 3.38. The lowest BCUT2D eigenvalue weighted by atomic mass is 10.1. The van der Waals surface area contributed by atoms with Gasteiger partial charge in [0.2, 0.25) is 12.2 Å². The Kier molecular flexibility index (Phi) is 3.00. The van der Waals surface area contributed by atoms with E-state index in [0.717, 1.165) is 11.2 Å². The molecule has 114 valence electrons. The van der Waals surface area contributed by atoms with E-state index in [1.54, 1.807) is 0 Å². The molecule has 21 heavy (non-hydrogen) atoms. The van der Waals surface area contributed by atoms with E-state index in [0.29, 0.717) is 0 Å². The quantitative estimate of drug-likeness (QED) is 0.463. The van der Waals surface area contributed by atoms with E-state index in [1.165, 1.54) is 0 Å². The molecule has 4 N–H and O–H groups in total. The van der Waals surface area contributed by atoms with Gasteiger partial charge in [0.05, 0.1) is 12.9 Å². The van der Waals surface area contributed by atoms with Crippen LogP contribution < -0.4 is 5.32 Å². The van der Waals surface area contributed by atoms with Gasteiger partial charge in [-0.2, -0.15) is 13.8 Å². The van der Waals surface area contributed by atoms with Gasteiger partial charge < -0.3 is 14.9 Å². The Labute approximate surface area is 116 Å². The molecule has 0 aromatic carbocycles. The maximum atomic E-state index is 14.0. The summed E-state index contributed by atoms with van der Waals surface area (Å²) >= 11 is 0. The number of carbonyl (C=O) groups excluding carboxylic acids is 1. The highest BCUT2D eigenvalue weighted by Gasteiger charge is 2.62. The number of hydrogen-bond acceptors (Lipinski definition) is 7. The van der Waals surface area contributed by atoms with Gasteiger partial charge in [-0.15, -0.1) is 0 Å². The Morgan fingerprint density at radius 2 is 2.29 bits per heavy atom. The summed E-state index contributed by atoms with van der Waals surface area (Å²) in [6, 6.07) is -1.14. The normalized spacial score (nSPS) is 37.5. The number of aliphatic imine (C=N–C) groups is 2. The minimum absolute atomic E-state index is 0.181. The molecule has 0 bridgehead atoms. The molecular formula is C10H11F2N5O4. The van der Waals surface area contributed by atoms with Gasteiger partial charge >= 0.3 is 5.92 Å². The molecule has 0 aliphatic carbocycles. The predicted molar refractivity (Wildman–Crippen MR) is 64.1 cm³/mol. The summed E-state index contributed by atoms with van der Waals surface area (Å²) in [7, 11) is 0. The number of alkyl halides is 2. The molecular weight excluding hydrogens is 292 g/mol. The third kappa shape index (κ3) is 1.92. The van der Waals surface area contributed by atoms with Gasteiger partial charge in [0.15, 0.2) is 18.0 Å². The van der Waals surface area contributed by atoms with E-state index >= 15 is 0 Å². The number of carbonyl (C=O) groups is 1. The first kappa shape index (κ1) is 14.0. The number of halogens is 2. The highest BCUT2D eigenvalue weighted by Crippen LogP contribution is 2.38. The van der Waals surface area contributed by atoms with Crippen LogP contribution >= 0.6 is 0 Å². The number of ether oxygens (including phenoxy) is 1. The van der Waals surface area contributed by atoms with Crippen LogP contribution in [0.2, 0.25) is 0 Å². The van der Waals surface area contributed by atoms with Crippen LogP contribution in [0.3, 0.4) is 0 Å². The van der Waals surface area contributed by atoms with Gasteiger partial charge in [0.25, 0.3) is 5.91 Å². The van der Waals surface area contributed by atoms with Gasteiger partial charge in [0.1, 0.15) is 6.10 Å². The zero-order valence-corrected chi connectivity index (χ0v) is 10.4. The smallest absolute Gasteiger partial charge is 0.320 e. The molecule has 1 saturated heterocycles. The van der Waals surface area contributed by atoms with Crippen LogP contribution in [-0.4, -0.2) is 76.2 Å². The Morgan fingerprint density at radius 3 is 2.90 bits per heavy atom. The monoisotopic (exact) mass is 303 g/mol. The molecule has 0 aromatic rings. The first-order chi connectivity index (χ1) is 9.86. The molecule has 3 aliphatic rings. The molecule has 4 atom stereocenters. The predicted octanol–water partition coefficient (Wildman–Crippen LogP) is -2.12. The van der Waals surface area contributed by atoms with Crippen LogP contribution in [0, 0.1) is 5.41 Å². The molecule has 3 rings (SSSR count). The van der Waals surface area contributed by atoms with Crippen molar-refractivity contribution >= 4 is 24.0 Å².